The molecule has 2 amide bonds. The number of morpholine rings is 1. The molecular formula is C21H26N4O3. The molecule has 0 unspecified atom stereocenters. The van der Waals surface area contributed by atoms with Crippen molar-refractivity contribution < 1.29 is 14.3 Å². The highest BCUT2D eigenvalue weighted by atomic mass is 16.5. The summed E-state index contributed by atoms with van der Waals surface area (Å²) in [5, 5.41) is 4.15. The van der Waals surface area contributed by atoms with Gasteiger partial charge in [0.15, 0.2) is 0 Å². The molecule has 2 aromatic rings. The molecular weight excluding hydrogens is 356 g/mol. The zero-order valence-electron chi connectivity index (χ0n) is 16.4. The van der Waals surface area contributed by atoms with E-state index in [0.29, 0.717) is 32.4 Å². The lowest BCUT2D eigenvalue weighted by Gasteiger charge is -2.54. The van der Waals surface area contributed by atoms with Crippen molar-refractivity contribution in [2.24, 2.45) is 7.05 Å². The minimum absolute atomic E-state index is 0.0175. The van der Waals surface area contributed by atoms with Gasteiger partial charge in [0.05, 0.1) is 5.54 Å². The third-order valence-corrected chi connectivity index (χ3v) is 6.21. The van der Waals surface area contributed by atoms with Crippen molar-refractivity contribution in [1.82, 2.24) is 19.6 Å². The van der Waals surface area contributed by atoms with Crippen molar-refractivity contribution in [2.75, 3.05) is 26.7 Å². The van der Waals surface area contributed by atoms with Crippen LogP contribution in [0.5, 0.6) is 0 Å². The largest absolute Gasteiger partial charge is 0.364 e. The molecule has 2 fully saturated rings. The molecule has 7 nitrogen and oxygen atoms in total. The number of piperidine rings is 1. The molecule has 148 valence electrons. The Morgan fingerprint density at radius 3 is 2.75 bits per heavy atom. The van der Waals surface area contributed by atoms with Gasteiger partial charge < -0.3 is 14.5 Å². The Bertz CT molecular complexity index is 866. The fraction of sp³-hybridized carbons (Fsp3) is 0.476. The molecule has 2 aliphatic heterocycles. The number of amides is 2. The minimum Gasteiger partial charge on any atom is -0.364 e. The number of likely N-dealkylation sites (tertiary alicyclic amines) is 1. The molecule has 2 aliphatic rings. The zero-order valence-corrected chi connectivity index (χ0v) is 16.4. The van der Waals surface area contributed by atoms with Crippen LogP contribution in [0.2, 0.25) is 0 Å². The average Bonchev–Trinajstić information content (AvgIpc) is 3.14. The number of hydrogen-bond acceptors (Lipinski definition) is 4. The molecule has 28 heavy (non-hydrogen) atoms. The average molecular weight is 382 g/mol. The smallest absolute Gasteiger partial charge is 0.249 e. The summed E-state index contributed by atoms with van der Waals surface area (Å²) in [7, 11) is 3.74. The number of aryl methyl sites for hydroxylation is 2. The van der Waals surface area contributed by atoms with Crippen LogP contribution in [-0.4, -0.2) is 64.2 Å². The predicted octanol–water partition coefficient (Wildman–Crippen LogP) is 1.34. The van der Waals surface area contributed by atoms with Crippen LogP contribution in [-0.2, 0) is 33.3 Å². The SMILES string of the molecule is CN1C(=O)CO[C@@H]2CN(C(=O)CCc3ccnn3C)CC[C@]21c1ccccc1. The van der Waals surface area contributed by atoms with Crippen LogP contribution >= 0.6 is 0 Å². The molecule has 0 saturated carbocycles. The van der Waals surface area contributed by atoms with Gasteiger partial charge in [0.1, 0.15) is 12.7 Å². The molecule has 2 saturated heterocycles. The summed E-state index contributed by atoms with van der Waals surface area (Å²) < 4.78 is 7.77. The van der Waals surface area contributed by atoms with Crippen molar-refractivity contribution in [3.8, 4) is 0 Å². The number of carbonyl (C=O) groups excluding carboxylic acids is 2. The first-order valence-corrected chi connectivity index (χ1v) is 9.71. The Balaban J connectivity index is 1.51. The normalized spacial score (nSPS) is 24.9. The van der Waals surface area contributed by atoms with Gasteiger partial charge >= 0.3 is 0 Å². The van der Waals surface area contributed by atoms with E-state index in [1.165, 1.54) is 0 Å². The predicted molar refractivity (Wildman–Crippen MR) is 103 cm³/mol. The highest BCUT2D eigenvalue weighted by Crippen LogP contribution is 2.42. The highest BCUT2D eigenvalue weighted by Gasteiger charge is 2.53. The van der Waals surface area contributed by atoms with Crippen molar-refractivity contribution in [2.45, 2.75) is 30.9 Å². The van der Waals surface area contributed by atoms with Gasteiger partial charge in [0, 0.05) is 45.5 Å². The number of carbonyl (C=O) groups is 2. The number of aromatic nitrogens is 2. The topological polar surface area (TPSA) is 67.7 Å². The third-order valence-electron chi connectivity index (χ3n) is 6.21. The van der Waals surface area contributed by atoms with Crippen molar-refractivity contribution in [1.29, 1.82) is 0 Å². The molecule has 0 aliphatic carbocycles. The van der Waals surface area contributed by atoms with E-state index >= 15 is 0 Å². The highest BCUT2D eigenvalue weighted by molar-refractivity contribution is 5.80. The Hall–Kier alpha value is -2.67. The van der Waals surface area contributed by atoms with Crippen molar-refractivity contribution >= 4 is 11.8 Å². The summed E-state index contributed by atoms with van der Waals surface area (Å²) in [5.41, 5.74) is 1.59. The van der Waals surface area contributed by atoms with Gasteiger partial charge in [-0.15, -0.1) is 0 Å². The lowest BCUT2D eigenvalue weighted by molar-refractivity contribution is -0.184. The molecule has 1 aromatic heterocycles. The monoisotopic (exact) mass is 382 g/mol. The first kappa shape index (κ1) is 18.7. The molecule has 3 heterocycles. The Morgan fingerprint density at radius 2 is 2.04 bits per heavy atom. The van der Waals surface area contributed by atoms with E-state index in [1.807, 2.05) is 60.3 Å². The summed E-state index contributed by atoms with van der Waals surface area (Å²) >= 11 is 0. The van der Waals surface area contributed by atoms with E-state index in [-0.39, 0.29) is 24.5 Å². The molecule has 0 N–H and O–H groups in total. The molecule has 0 bridgehead atoms. The second-order valence-corrected chi connectivity index (χ2v) is 7.58. The van der Waals surface area contributed by atoms with Crippen molar-refractivity contribution in [3.63, 3.8) is 0 Å². The number of benzene rings is 1. The van der Waals surface area contributed by atoms with Crippen LogP contribution in [0, 0.1) is 0 Å². The van der Waals surface area contributed by atoms with E-state index in [2.05, 4.69) is 5.10 Å². The second kappa shape index (κ2) is 7.39. The number of rotatable bonds is 4. The molecule has 4 rings (SSSR count). The van der Waals surface area contributed by atoms with Gasteiger partial charge in [-0.05, 0) is 24.5 Å². The maximum atomic E-state index is 12.8. The number of ether oxygens (including phenoxy) is 1. The second-order valence-electron chi connectivity index (χ2n) is 7.58. The van der Waals surface area contributed by atoms with Crippen LogP contribution in [0.1, 0.15) is 24.1 Å². The number of nitrogens with zero attached hydrogens (tertiary/aromatic N) is 4. The number of likely N-dealkylation sites (N-methyl/N-ethyl adjacent to an activating group) is 1. The Labute approximate surface area is 164 Å². The fourth-order valence-electron chi connectivity index (χ4n) is 4.49. The summed E-state index contributed by atoms with van der Waals surface area (Å²) in [5.74, 6) is 0.0992. The lowest BCUT2D eigenvalue weighted by atomic mass is 9.76. The van der Waals surface area contributed by atoms with Crippen LogP contribution in [0.4, 0.5) is 0 Å². The molecule has 1 aromatic carbocycles. The van der Waals surface area contributed by atoms with Gasteiger partial charge in [0.25, 0.3) is 0 Å². The lowest BCUT2D eigenvalue weighted by Crippen LogP contribution is -2.67. The van der Waals surface area contributed by atoms with E-state index in [1.54, 1.807) is 10.9 Å². The van der Waals surface area contributed by atoms with Gasteiger partial charge in [-0.1, -0.05) is 30.3 Å². The van der Waals surface area contributed by atoms with Gasteiger partial charge in [-0.3, -0.25) is 14.3 Å². The molecule has 0 spiro atoms. The quantitative estimate of drug-likeness (QED) is 0.800. The minimum atomic E-state index is -0.518. The van der Waals surface area contributed by atoms with E-state index in [4.69, 9.17) is 4.74 Å². The maximum Gasteiger partial charge on any atom is 0.249 e. The summed E-state index contributed by atoms with van der Waals surface area (Å²) in [6.45, 7) is 1.17. The van der Waals surface area contributed by atoms with Gasteiger partial charge in [-0.25, -0.2) is 0 Å². The molecule has 7 heteroatoms. The summed E-state index contributed by atoms with van der Waals surface area (Å²) in [6.07, 6.45) is 3.30. The van der Waals surface area contributed by atoms with E-state index in [9.17, 15) is 9.59 Å². The van der Waals surface area contributed by atoms with E-state index < -0.39 is 5.54 Å². The molecule has 0 radical (unpaired) electrons. The summed E-state index contributed by atoms with van der Waals surface area (Å²) in [4.78, 5) is 29.0. The fourth-order valence-corrected chi connectivity index (χ4v) is 4.49. The zero-order chi connectivity index (χ0) is 19.7. The maximum absolute atomic E-state index is 12.8. The number of fused-ring (bicyclic) bond motifs is 1. The van der Waals surface area contributed by atoms with E-state index in [0.717, 1.165) is 11.3 Å². The van der Waals surface area contributed by atoms with Crippen LogP contribution in [0.3, 0.4) is 0 Å². The van der Waals surface area contributed by atoms with Crippen molar-refractivity contribution in [3.05, 3.63) is 53.9 Å². The van der Waals surface area contributed by atoms with Crippen LogP contribution in [0.25, 0.3) is 0 Å². The Kier molecular flexibility index (Phi) is 4.93. The van der Waals surface area contributed by atoms with Crippen LogP contribution < -0.4 is 0 Å². The first-order chi connectivity index (χ1) is 13.5. The summed E-state index contributed by atoms with van der Waals surface area (Å²) in [6, 6.07) is 12.0. The standard InChI is InChI=1S/C21H26N4O3/c1-23-20(27)15-28-18-14-25(19(26)9-8-17-10-12-22-24(17)2)13-11-21(18,23)16-6-4-3-5-7-16/h3-7,10,12,18H,8-9,11,13-15H2,1-2H3/t18-,21+/m1/s1. The van der Waals surface area contributed by atoms with Gasteiger partial charge in [0.2, 0.25) is 11.8 Å². The Morgan fingerprint density at radius 1 is 1.25 bits per heavy atom. The van der Waals surface area contributed by atoms with Crippen LogP contribution in [0.15, 0.2) is 42.6 Å². The number of hydrogen-bond donors (Lipinski definition) is 0. The first-order valence-electron chi connectivity index (χ1n) is 9.71. The third kappa shape index (κ3) is 3.09. The van der Waals surface area contributed by atoms with Gasteiger partial charge in [-0.2, -0.15) is 5.10 Å². The molecule has 2 atom stereocenters.